The summed E-state index contributed by atoms with van der Waals surface area (Å²) >= 11 is 0. The zero-order valence-electron chi connectivity index (χ0n) is 7.99. The topological polar surface area (TPSA) is 35.5 Å². The Labute approximate surface area is 78.7 Å². The summed E-state index contributed by atoms with van der Waals surface area (Å²) < 4.78 is 9.93. The van der Waals surface area contributed by atoms with E-state index in [0.29, 0.717) is 13.1 Å². The fourth-order valence-corrected chi connectivity index (χ4v) is 1.61. The van der Waals surface area contributed by atoms with Crippen LogP contribution in [0.2, 0.25) is 0 Å². The highest BCUT2D eigenvalue weighted by molar-refractivity contribution is 5.37. The first-order valence-corrected chi connectivity index (χ1v) is 4.65. The molecule has 0 bridgehead atoms. The number of ether oxygens (including phenoxy) is 2. The van der Waals surface area contributed by atoms with E-state index in [1.54, 1.807) is 7.11 Å². The van der Waals surface area contributed by atoms with Crippen LogP contribution < -0.4 is 0 Å². The first-order valence-electron chi connectivity index (χ1n) is 4.65. The molecule has 3 heteroatoms. The number of hydrogen-bond donors (Lipinski definition) is 0. The van der Waals surface area contributed by atoms with Gasteiger partial charge in [-0.05, 0) is 31.3 Å². The molecule has 0 aliphatic heterocycles. The van der Waals surface area contributed by atoms with E-state index in [0.717, 1.165) is 12.8 Å². The van der Waals surface area contributed by atoms with E-state index >= 15 is 0 Å². The Hall–Kier alpha value is -0.830. The van der Waals surface area contributed by atoms with Crippen molar-refractivity contribution >= 4 is 6.47 Å². The van der Waals surface area contributed by atoms with E-state index in [1.165, 1.54) is 18.4 Å². The summed E-state index contributed by atoms with van der Waals surface area (Å²) in [6.07, 6.45) is 6.83. The summed E-state index contributed by atoms with van der Waals surface area (Å²) in [7, 11) is 1.65. The summed E-state index contributed by atoms with van der Waals surface area (Å²) in [4.78, 5) is 10.0. The minimum absolute atomic E-state index is 0.0366. The van der Waals surface area contributed by atoms with Crippen molar-refractivity contribution in [1.82, 2.24) is 0 Å². The smallest absolute Gasteiger partial charge is 0.293 e. The molecule has 0 saturated heterocycles. The van der Waals surface area contributed by atoms with Gasteiger partial charge in [-0.15, -0.1) is 0 Å². The molecule has 13 heavy (non-hydrogen) atoms. The highest BCUT2D eigenvalue weighted by Gasteiger charge is 2.15. The molecule has 74 valence electrons. The largest absolute Gasteiger partial charge is 0.465 e. The third-order valence-electron chi connectivity index (χ3n) is 2.34. The average Bonchev–Trinajstić information content (AvgIpc) is 2.21. The Morgan fingerprint density at radius 2 is 2.46 bits per heavy atom. The highest BCUT2D eigenvalue weighted by Crippen LogP contribution is 2.21. The van der Waals surface area contributed by atoms with Gasteiger partial charge in [-0.1, -0.05) is 6.08 Å². The van der Waals surface area contributed by atoms with Gasteiger partial charge in [-0.2, -0.15) is 0 Å². The van der Waals surface area contributed by atoms with Gasteiger partial charge in [0.2, 0.25) is 0 Å². The lowest BCUT2D eigenvalue weighted by atomic mass is 9.96. The van der Waals surface area contributed by atoms with Crippen LogP contribution in [0.5, 0.6) is 0 Å². The molecule has 0 radical (unpaired) electrons. The van der Waals surface area contributed by atoms with Crippen LogP contribution in [-0.2, 0) is 14.3 Å². The molecule has 0 saturated carbocycles. The third kappa shape index (κ3) is 3.19. The van der Waals surface area contributed by atoms with Gasteiger partial charge in [0.1, 0.15) is 12.7 Å². The van der Waals surface area contributed by atoms with Crippen molar-refractivity contribution in [3.63, 3.8) is 0 Å². The van der Waals surface area contributed by atoms with E-state index in [1.807, 2.05) is 0 Å². The molecule has 1 rings (SSSR count). The van der Waals surface area contributed by atoms with Crippen molar-refractivity contribution < 1.29 is 14.3 Å². The van der Waals surface area contributed by atoms with Crippen LogP contribution >= 0.6 is 0 Å². The molecule has 1 atom stereocenters. The number of allylic oxidation sites excluding steroid dienone is 1. The maximum absolute atomic E-state index is 10.0. The van der Waals surface area contributed by atoms with Crippen LogP contribution in [0.1, 0.15) is 25.7 Å². The van der Waals surface area contributed by atoms with Gasteiger partial charge in [0.05, 0.1) is 0 Å². The molecule has 0 N–H and O–H groups in total. The summed E-state index contributed by atoms with van der Waals surface area (Å²) in [6.45, 7) is 0.807. The number of methoxy groups -OCH3 is 1. The van der Waals surface area contributed by atoms with Crippen molar-refractivity contribution in [2.45, 2.75) is 31.8 Å². The molecular formula is C10H16O3. The fraction of sp³-hybridized carbons (Fsp3) is 0.700. The number of carbonyl (C=O) groups excluding carboxylic acids is 1. The highest BCUT2D eigenvalue weighted by atomic mass is 16.5. The molecule has 0 heterocycles. The van der Waals surface area contributed by atoms with Crippen molar-refractivity contribution in [2.24, 2.45) is 0 Å². The molecule has 0 unspecified atom stereocenters. The number of carbonyl (C=O) groups is 1. The predicted octanol–water partition coefficient (Wildman–Crippen LogP) is 1.67. The maximum Gasteiger partial charge on any atom is 0.293 e. The second kappa shape index (κ2) is 5.75. The van der Waals surface area contributed by atoms with Crippen molar-refractivity contribution in [3.8, 4) is 0 Å². The molecule has 0 spiro atoms. The second-order valence-electron chi connectivity index (χ2n) is 3.18. The first-order chi connectivity index (χ1) is 6.38. The lowest BCUT2D eigenvalue weighted by molar-refractivity contribution is -0.131. The predicted molar refractivity (Wildman–Crippen MR) is 49.4 cm³/mol. The lowest BCUT2D eigenvalue weighted by Gasteiger charge is -2.20. The van der Waals surface area contributed by atoms with Gasteiger partial charge >= 0.3 is 0 Å². The van der Waals surface area contributed by atoms with Crippen LogP contribution in [0.25, 0.3) is 0 Å². The number of hydrogen-bond acceptors (Lipinski definition) is 3. The Morgan fingerprint density at radius 3 is 3.00 bits per heavy atom. The van der Waals surface area contributed by atoms with Gasteiger partial charge < -0.3 is 9.47 Å². The minimum atomic E-state index is -0.0366. The van der Waals surface area contributed by atoms with E-state index in [-0.39, 0.29) is 6.10 Å². The summed E-state index contributed by atoms with van der Waals surface area (Å²) in [5, 5.41) is 0. The molecule has 3 nitrogen and oxygen atoms in total. The van der Waals surface area contributed by atoms with Crippen molar-refractivity contribution in [2.75, 3.05) is 13.7 Å². The van der Waals surface area contributed by atoms with Crippen LogP contribution in [0.3, 0.4) is 0 Å². The van der Waals surface area contributed by atoms with Gasteiger partial charge in [-0.3, -0.25) is 4.79 Å². The summed E-state index contributed by atoms with van der Waals surface area (Å²) in [5.41, 5.74) is 1.27. The monoisotopic (exact) mass is 184 g/mol. The molecule has 0 fully saturated rings. The van der Waals surface area contributed by atoms with E-state index in [4.69, 9.17) is 9.47 Å². The van der Waals surface area contributed by atoms with Crippen LogP contribution in [0, 0.1) is 0 Å². The van der Waals surface area contributed by atoms with Gasteiger partial charge in [0.25, 0.3) is 6.47 Å². The van der Waals surface area contributed by atoms with Gasteiger partial charge in [0, 0.05) is 7.11 Å². The van der Waals surface area contributed by atoms with Crippen LogP contribution in [-0.4, -0.2) is 26.3 Å². The second-order valence-corrected chi connectivity index (χ2v) is 3.18. The van der Waals surface area contributed by atoms with Crippen molar-refractivity contribution in [3.05, 3.63) is 11.6 Å². The van der Waals surface area contributed by atoms with Crippen LogP contribution in [0.15, 0.2) is 11.6 Å². The molecule has 0 aromatic heterocycles. The normalized spacial score (nSPS) is 19.0. The standard InChI is InChI=1S/C10H16O3/c1-12-10(7-13-8-11)9-5-3-2-4-6-9/h5,8,10H,2-4,6-7H2,1H3/t10-/m1/s1. The molecule has 0 aromatic carbocycles. The molecule has 1 aliphatic rings. The van der Waals surface area contributed by atoms with E-state index in [2.05, 4.69) is 6.08 Å². The lowest BCUT2D eigenvalue weighted by Crippen LogP contribution is -2.21. The summed E-state index contributed by atoms with van der Waals surface area (Å²) in [5.74, 6) is 0. The minimum Gasteiger partial charge on any atom is -0.465 e. The van der Waals surface area contributed by atoms with E-state index < -0.39 is 0 Å². The first kappa shape index (κ1) is 10.3. The van der Waals surface area contributed by atoms with E-state index in [9.17, 15) is 4.79 Å². The Morgan fingerprint density at radius 1 is 1.62 bits per heavy atom. The summed E-state index contributed by atoms with van der Waals surface area (Å²) in [6, 6.07) is 0. The quantitative estimate of drug-likeness (QED) is 0.481. The Kier molecular flexibility index (Phi) is 4.54. The van der Waals surface area contributed by atoms with Gasteiger partial charge in [0.15, 0.2) is 0 Å². The zero-order valence-corrected chi connectivity index (χ0v) is 7.99. The Balaban J connectivity index is 2.43. The average molecular weight is 184 g/mol. The van der Waals surface area contributed by atoms with Crippen molar-refractivity contribution in [1.29, 1.82) is 0 Å². The Bertz CT molecular complexity index is 187. The SMILES string of the molecule is CO[C@H](COC=O)C1=CCCCC1. The molecule has 0 aromatic rings. The molecular weight excluding hydrogens is 168 g/mol. The third-order valence-corrected chi connectivity index (χ3v) is 2.34. The maximum atomic E-state index is 10.0. The van der Waals surface area contributed by atoms with Crippen LogP contribution in [0.4, 0.5) is 0 Å². The van der Waals surface area contributed by atoms with Gasteiger partial charge in [-0.25, -0.2) is 0 Å². The molecule has 0 amide bonds. The molecule has 1 aliphatic carbocycles. The number of rotatable bonds is 5. The fourth-order valence-electron chi connectivity index (χ4n) is 1.61. The zero-order chi connectivity index (χ0) is 9.52.